The molecule has 0 fully saturated rings. The summed E-state index contributed by atoms with van der Waals surface area (Å²) in [6, 6.07) is 17.6. The number of benzene rings is 2. The van der Waals surface area contributed by atoms with E-state index in [9.17, 15) is 4.79 Å². The van der Waals surface area contributed by atoms with Crippen molar-refractivity contribution in [1.29, 1.82) is 0 Å². The molecule has 0 unspecified atom stereocenters. The van der Waals surface area contributed by atoms with E-state index in [4.69, 9.17) is 0 Å². The van der Waals surface area contributed by atoms with Gasteiger partial charge in [-0.05, 0) is 30.7 Å². The predicted molar refractivity (Wildman–Crippen MR) is 98.9 cm³/mol. The van der Waals surface area contributed by atoms with Crippen molar-refractivity contribution >= 4 is 28.7 Å². The Bertz CT molecular complexity index is 912. The van der Waals surface area contributed by atoms with Gasteiger partial charge in [-0.1, -0.05) is 53.8 Å². The number of fused-ring (bicyclic) bond motifs is 1. The Labute approximate surface area is 145 Å². The molecule has 3 rings (SSSR count). The van der Waals surface area contributed by atoms with Crippen molar-refractivity contribution in [3.8, 4) is 0 Å². The van der Waals surface area contributed by atoms with Crippen molar-refractivity contribution in [1.82, 2.24) is 20.4 Å². The van der Waals surface area contributed by atoms with E-state index in [1.54, 1.807) is 4.68 Å². The summed E-state index contributed by atoms with van der Waals surface area (Å²) in [6.07, 6.45) is 4.10. The molecule has 1 N–H and O–H groups in total. The summed E-state index contributed by atoms with van der Waals surface area (Å²) in [4.78, 5) is 11.9. The minimum absolute atomic E-state index is 0.160. The van der Waals surface area contributed by atoms with Gasteiger partial charge in [0.25, 0.3) is 0 Å². The van der Waals surface area contributed by atoms with E-state index in [-0.39, 0.29) is 12.3 Å². The number of amides is 1. The molecule has 0 aliphatic carbocycles. The standard InChI is InChI=1S/C19H19N5O/c1-15(11-12-16-7-3-2-4-8-16)20-22-19(25)13-14-24-18-10-6-5-9-17(18)21-23-24/h2-12H,13-14H2,1H3,(H,22,25). The van der Waals surface area contributed by atoms with Gasteiger partial charge in [0, 0.05) is 6.42 Å². The molecule has 1 heterocycles. The number of rotatable bonds is 6. The lowest BCUT2D eigenvalue weighted by Gasteiger charge is -2.02. The smallest absolute Gasteiger partial charge is 0.241 e. The minimum atomic E-state index is -0.160. The number of carbonyl (C=O) groups excluding carboxylic acids is 1. The van der Waals surface area contributed by atoms with Crippen LogP contribution >= 0.6 is 0 Å². The average molecular weight is 333 g/mol. The Hall–Kier alpha value is -3.28. The first kappa shape index (κ1) is 16.6. The highest BCUT2D eigenvalue weighted by molar-refractivity contribution is 5.96. The Morgan fingerprint density at radius 3 is 2.76 bits per heavy atom. The third-order valence-corrected chi connectivity index (χ3v) is 3.64. The predicted octanol–water partition coefficient (Wildman–Crippen LogP) is 3.03. The van der Waals surface area contributed by atoms with Crippen molar-refractivity contribution in [2.45, 2.75) is 19.9 Å². The number of allylic oxidation sites excluding steroid dienone is 1. The number of carbonyl (C=O) groups is 1. The zero-order valence-corrected chi connectivity index (χ0v) is 14.0. The molecule has 1 amide bonds. The third-order valence-electron chi connectivity index (χ3n) is 3.64. The van der Waals surface area contributed by atoms with E-state index in [0.717, 1.165) is 22.3 Å². The lowest BCUT2D eigenvalue weighted by atomic mass is 10.2. The molecule has 25 heavy (non-hydrogen) atoms. The summed E-state index contributed by atoms with van der Waals surface area (Å²) >= 11 is 0. The Kier molecular flexibility index (Phi) is 5.31. The van der Waals surface area contributed by atoms with Crippen molar-refractivity contribution in [3.05, 3.63) is 66.2 Å². The van der Waals surface area contributed by atoms with Crippen LogP contribution in [0.25, 0.3) is 17.1 Å². The largest absolute Gasteiger partial charge is 0.273 e. The quantitative estimate of drug-likeness (QED) is 0.557. The summed E-state index contributed by atoms with van der Waals surface area (Å²) in [5, 5.41) is 12.2. The van der Waals surface area contributed by atoms with Crippen LogP contribution in [0.3, 0.4) is 0 Å². The Morgan fingerprint density at radius 2 is 1.92 bits per heavy atom. The maximum absolute atomic E-state index is 11.9. The normalized spacial score (nSPS) is 12.0. The number of nitrogens with zero attached hydrogens (tertiary/aromatic N) is 4. The summed E-state index contributed by atoms with van der Waals surface area (Å²) in [5.74, 6) is -0.160. The molecule has 1 aromatic heterocycles. The molecule has 0 saturated heterocycles. The molecule has 0 aliphatic rings. The molecule has 126 valence electrons. The first-order valence-electron chi connectivity index (χ1n) is 8.07. The molecule has 0 radical (unpaired) electrons. The highest BCUT2D eigenvalue weighted by atomic mass is 16.2. The molecular formula is C19H19N5O. The number of aryl methyl sites for hydroxylation is 1. The lowest BCUT2D eigenvalue weighted by molar-refractivity contribution is -0.121. The van der Waals surface area contributed by atoms with Gasteiger partial charge in [-0.15, -0.1) is 5.10 Å². The maximum atomic E-state index is 11.9. The second-order valence-electron chi connectivity index (χ2n) is 5.58. The van der Waals surface area contributed by atoms with Gasteiger partial charge in [0.2, 0.25) is 5.91 Å². The minimum Gasteiger partial charge on any atom is -0.273 e. The summed E-state index contributed by atoms with van der Waals surface area (Å²) in [7, 11) is 0. The number of hydrazone groups is 1. The molecular weight excluding hydrogens is 314 g/mol. The lowest BCUT2D eigenvalue weighted by Crippen LogP contribution is -2.20. The van der Waals surface area contributed by atoms with Gasteiger partial charge in [0.05, 0.1) is 17.8 Å². The molecule has 6 nitrogen and oxygen atoms in total. The zero-order valence-electron chi connectivity index (χ0n) is 14.0. The maximum Gasteiger partial charge on any atom is 0.241 e. The summed E-state index contributed by atoms with van der Waals surface area (Å²) in [6.45, 7) is 2.30. The highest BCUT2D eigenvalue weighted by Gasteiger charge is 2.06. The van der Waals surface area contributed by atoms with Crippen molar-refractivity contribution < 1.29 is 4.79 Å². The van der Waals surface area contributed by atoms with Gasteiger partial charge in [0.1, 0.15) is 5.52 Å². The third kappa shape index (κ3) is 4.60. The van der Waals surface area contributed by atoms with Gasteiger partial charge in [-0.3, -0.25) is 4.79 Å². The number of para-hydroxylation sites is 1. The van der Waals surface area contributed by atoms with Gasteiger partial charge in [-0.25, -0.2) is 10.1 Å². The van der Waals surface area contributed by atoms with Crippen LogP contribution in [0, 0.1) is 0 Å². The molecule has 0 spiro atoms. The number of nitrogens with one attached hydrogen (secondary N) is 1. The second-order valence-corrected chi connectivity index (χ2v) is 5.58. The number of aromatic nitrogens is 3. The number of hydrogen-bond acceptors (Lipinski definition) is 4. The van der Waals surface area contributed by atoms with Crippen molar-refractivity contribution in [2.75, 3.05) is 0 Å². The zero-order chi connectivity index (χ0) is 17.5. The van der Waals surface area contributed by atoms with E-state index in [2.05, 4.69) is 20.8 Å². The summed E-state index contributed by atoms with van der Waals surface area (Å²) in [5.41, 5.74) is 6.11. The fourth-order valence-electron chi connectivity index (χ4n) is 2.31. The van der Waals surface area contributed by atoms with Gasteiger partial charge < -0.3 is 0 Å². The van der Waals surface area contributed by atoms with Crippen LogP contribution in [-0.4, -0.2) is 26.6 Å². The van der Waals surface area contributed by atoms with Crippen LogP contribution in [0.2, 0.25) is 0 Å². The fraction of sp³-hybridized carbons (Fsp3) is 0.158. The highest BCUT2D eigenvalue weighted by Crippen LogP contribution is 2.09. The monoisotopic (exact) mass is 333 g/mol. The topological polar surface area (TPSA) is 72.2 Å². The molecule has 0 aliphatic heterocycles. The average Bonchev–Trinajstić information content (AvgIpc) is 3.07. The van der Waals surface area contributed by atoms with E-state index >= 15 is 0 Å². The molecule has 0 atom stereocenters. The van der Waals surface area contributed by atoms with Crippen LogP contribution in [0.1, 0.15) is 18.9 Å². The van der Waals surface area contributed by atoms with Crippen LogP contribution in [0.5, 0.6) is 0 Å². The van der Waals surface area contributed by atoms with Gasteiger partial charge >= 0.3 is 0 Å². The fourth-order valence-corrected chi connectivity index (χ4v) is 2.31. The summed E-state index contributed by atoms with van der Waals surface area (Å²) < 4.78 is 1.72. The molecule has 6 heteroatoms. The molecule has 2 aromatic carbocycles. The van der Waals surface area contributed by atoms with Gasteiger partial charge in [-0.2, -0.15) is 5.10 Å². The van der Waals surface area contributed by atoms with Crippen molar-refractivity contribution in [2.24, 2.45) is 5.10 Å². The van der Waals surface area contributed by atoms with Crippen LogP contribution in [-0.2, 0) is 11.3 Å². The SMILES string of the molecule is CC(C=Cc1ccccc1)=NNC(=O)CCn1nnc2ccccc21. The molecule has 0 bridgehead atoms. The van der Waals surface area contributed by atoms with E-state index in [0.29, 0.717) is 6.54 Å². The second kappa shape index (κ2) is 8.01. The number of hydrogen-bond donors (Lipinski definition) is 1. The first-order valence-corrected chi connectivity index (χ1v) is 8.07. The van der Waals surface area contributed by atoms with Crippen LogP contribution in [0.15, 0.2) is 65.8 Å². The van der Waals surface area contributed by atoms with Crippen molar-refractivity contribution in [3.63, 3.8) is 0 Å². The Morgan fingerprint density at radius 1 is 1.16 bits per heavy atom. The van der Waals surface area contributed by atoms with Gasteiger partial charge in [0.15, 0.2) is 0 Å². The van der Waals surface area contributed by atoms with Crippen LogP contribution < -0.4 is 5.43 Å². The van der Waals surface area contributed by atoms with E-state index in [1.807, 2.05) is 73.7 Å². The molecule has 3 aromatic rings. The first-order chi connectivity index (χ1) is 12.2. The van der Waals surface area contributed by atoms with Crippen LogP contribution in [0.4, 0.5) is 0 Å². The Balaban J connectivity index is 1.51. The van der Waals surface area contributed by atoms with E-state index < -0.39 is 0 Å². The van der Waals surface area contributed by atoms with E-state index in [1.165, 1.54) is 0 Å². The molecule has 0 saturated carbocycles.